The number of rotatable bonds is 5. The predicted octanol–water partition coefficient (Wildman–Crippen LogP) is 0.685. The van der Waals surface area contributed by atoms with Crippen molar-refractivity contribution in [3.63, 3.8) is 0 Å². The highest BCUT2D eigenvalue weighted by atomic mass is 35.5. The molecule has 0 saturated heterocycles. The Morgan fingerprint density at radius 1 is 0.808 bits per heavy atom. The average molecular weight is 375 g/mol. The van der Waals surface area contributed by atoms with Crippen LogP contribution in [0.15, 0.2) is 60.7 Å². The largest absolute Gasteiger partial charge is 0.368 e. The van der Waals surface area contributed by atoms with Crippen molar-refractivity contribution >= 4 is 37.9 Å². The summed E-state index contributed by atoms with van der Waals surface area (Å²) in [7, 11) is 4.91. The first-order chi connectivity index (χ1) is 11.8. The number of hydrogen-bond acceptors (Lipinski definition) is 4. The monoisotopic (exact) mass is 374 g/mol. The molecule has 0 aromatic heterocycles. The zero-order chi connectivity index (χ0) is 18.8. The van der Waals surface area contributed by atoms with E-state index in [9.17, 15) is 14.4 Å². The van der Waals surface area contributed by atoms with Gasteiger partial charge in [-0.3, -0.25) is 14.4 Å². The number of carbonyl (C=O) groups excluding carboxylic acids is 3. The van der Waals surface area contributed by atoms with Gasteiger partial charge in [-0.25, -0.2) is 0 Å². The Kier molecular flexibility index (Phi) is 10.4. The third kappa shape index (κ3) is 7.82. The molecule has 0 spiro atoms. The highest BCUT2D eigenvalue weighted by molar-refractivity contribution is 6.57. The molecule has 7 N–H and O–H groups in total. The fourth-order valence-corrected chi connectivity index (χ4v) is 1.93. The molecular weight excluding hydrogens is 354 g/mol. The first-order valence-electron chi connectivity index (χ1n) is 7.33. The number of benzene rings is 2. The minimum atomic E-state index is -0.867. The number of carbonyl (C=O) groups is 3. The second-order valence-electron chi connectivity index (χ2n) is 5.05. The van der Waals surface area contributed by atoms with Gasteiger partial charge in [-0.05, 0) is 11.1 Å². The summed E-state index contributed by atoms with van der Waals surface area (Å²) < 4.78 is 0. The van der Waals surface area contributed by atoms with Gasteiger partial charge in [-0.1, -0.05) is 60.7 Å². The van der Waals surface area contributed by atoms with Gasteiger partial charge in [-0.2, -0.15) is 0 Å². The lowest BCUT2D eigenvalue weighted by Crippen LogP contribution is -2.36. The van der Waals surface area contributed by atoms with Gasteiger partial charge in [0.15, 0.2) is 5.81 Å². The van der Waals surface area contributed by atoms with Gasteiger partial charge in [0.2, 0.25) is 19.7 Å². The molecule has 0 aliphatic carbocycles. The third-order valence-corrected chi connectivity index (χ3v) is 3.17. The van der Waals surface area contributed by atoms with Gasteiger partial charge in [0.25, 0.3) is 0 Å². The summed E-state index contributed by atoms with van der Waals surface area (Å²) in [6, 6.07) is 16.1. The lowest BCUT2D eigenvalue weighted by atomic mass is 10.0. The van der Waals surface area contributed by atoms with Crippen molar-refractivity contribution in [2.45, 2.75) is 12.1 Å². The number of primary amides is 2. The van der Waals surface area contributed by atoms with E-state index in [-0.39, 0.29) is 12.4 Å². The van der Waals surface area contributed by atoms with E-state index in [1.54, 1.807) is 42.5 Å². The summed E-state index contributed by atoms with van der Waals surface area (Å²) in [6.07, 6.45) is 0. The maximum Gasteiger partial charge on any atom is 0.244 e. The Hall–Kier alpha value is -2.84. The zero-order valence-electron chi connectivity index (χ0n) is 13.9. The molecule has 0 aliphatic rings. The summed E-state index contributed by atoms with van der Waals surface area (Å²) in [4.78, 5) is 32.2. The molecule has 7 nitrogen and oxygen atoms in total. The molecule has 2 aromatic carbocycles. The first-order valence-corrected chi connectivity index (χ1v) is 7.33. The highest BCUT2D eigenvalue weighted by Crippen LogP contribution is 2.11. The van der Waals surface area contributed by atoms with E-state index in [0.29, 0.717) is 5.56 Å². The summed E-state index contributed by atoms with van der Waals surface area (Å²) in [6.45, 7) is 0. The molecule has 2 atom stereocenters. The Balaban J connectivity index is 0.000000475. The maximum absolute atomic E-state index is 11.0. The third-order valence-electron chi connectivity index (χ3n) is 3.17. The summed E-state index contributed by atoms with van der Waals surface area (Å²) in [5, 5.41) is 2.26. The molecule has 2 radical (unpaired) electrons. The van der Waals surface area contributed by atoms with E-state index in [1.165, 1.54) is 0 Å². The topological polar surface area (TPSA) is 141 Å². The van der Waals surface area contributed by atoms with Crippen molar-refractivity contribution in [2.24, 2.45) is 17.2 Å². The van der Waals surface area contributed by atoms with Crippen LogP contribution in [0.3, 0.4) is 0 Å². The molecule has 2 rings (SSSR count). The van der Waals surface area contributed by atoms with Crippen molar-refractivity contribution in [2.75, 3.05) is 0 Å². The van der Waals surface area contributed by atoms with Crippen LogP contribution in [-0.2, 0) is 9.59 Å². The number of nitrogens with two attached hydrogens (primary N) is 3. The number of hydrogen-bond donors (Lipinski definition) is 4. The minimum absolute atomic E-state index is 0. The van der Waals surface area contributed by atoms with E-state index in [1.807, 2.05) is 18.2 Å². The van der Waals surface area contributed by atoms with Gasteiger partial charge in [0, 0.05) is 0 Å². The molecular formula is C17H20BClN4O3. The molecule has 26 heavy (non-hydrogen) atoms. The van der Waals surface area contributed by atoms with E-state index in [4.69, 9.17) is 25.0 Å². The molecule has 0 aliphatic heterocycles. The quantitative estimate of drug-likeness (QED) is 0.571. The maximum atomic E-state index is 11.0. The van der Waals surface area contributed by atoms with Crippen LogP contribution >= 0.6 is 12.4 Å². The van der Waals surface area contributed by atoms with Crippen LogP contribution < -0.4 is 22.5 Å². The fraction of sp³-hybridized carbons (Fsp3) is 0.118. The second-order valence-corrected chi connectivity index (χ2v) is 5.05. The minimum Gasteiger partial charge on any atom is -0.368 e. The number of amides is 3. The van der Waals surface area contributed by atoms with Gasteiger partial charge < -0.3 is 22.5 Å². The Bertz CT molecular complexity index is 716. The van der Waals surface area contributed by atoms with E-state index in [2.05, 4.69) is 5.32 Å². The predicted molar refractivity (Wildman–Crippen MR) is 102 cm³/mol. The van der Waals surface area contributed by atoms with Crippen LogP contribution in [0.4, 0.5) is 4.79 Å². The number of nitrogens with one attached hydrogen (secondary N) is 1. The molecule has 9 heteroatoms. The van der Waals surface area contributed by atoms with Crippen molar-refractivity contribution in [3.05, 3.63) is 71.8 Å². The van der Waals surface area contributed by atoms with Gasteiger partial charge in [0.1, 0.15) is 12.1 Å². The smallest absolute Gasteiger partial charge is 0.244 e. The Morgan fingerprint density at radius 3 is 1.58 bits per heavy atom. The van der Waals surface area contributed by atoms with Crippen LogP contribution in [0, 0.1) is 0 Å². The zero-order valence-corrected chi connectivity index (χ0v) is 14.7. The molecule has 136 valence electrons. The first kappa shape index (κ1) is 23.2. The Labute approximate surface area is 159 Å². The van der Waals surface area contributed by atoms with Crippen LogP contribution in [0.25, 0.3) is 0 Å². The van der Waals surface area contributed by atoms with E-state index < -0.39 is 29.7 Å². The van der Waals surface area contributed by atoms with Crippen LogP contribution in [0.2, 0.25) is 0 Å². The van der Waals surface area contributed by atoms with Crippen molar-refractivity contribution in [3.8, 4) is 0 Å². The SMILES string of the molecule is Cl.NC(=O)C(N)c1ccccc1.[B]C(=O)NC(C(N)=O)c1ccccc1. The summed E-state index contributed by atoms with van der Waals surface area (Å²) in [5.74, 6) is -1.93. The lowest BCUT2D eigenvalue weighted by Gasteiger charge is -2.14. The second kappa shape index (κ2) is 11.7. The molecule has 2 aromatic rings. The number of halogens is 1. The van der Waals surface area contributed by atoms with E-state index >= 15 is 0 Å². The molecule has 0 heterocycles. The standard InChI is InChI=1S/C9H9BN2O2.C8H10N2O.ClH/c10-9(14)12-7(8(11)13)6-4-2-1-3-5-6;9-7(8(10)11)6-4-2-1-3-5-6;/h1-5,7H,(H2,11,13)(H,12,14);1-5,7H,9H2,(H2,10,11);1H. The highest BCUT2D eigenvalue weighted by Gasteiger charge is 2.17. The van der Waals surface area contributed by atoms with Crippen molar-refractivity contribution in [1.82, 2.24) is 5.32 Å². The molecule has 0 saturated carbocycles. The summed E-state index contributed by atoms with van der Waals surface area (Å²) in [5.41, 5.74) is 16.9. The van der Waals surface area contributed by atoms with Crippen molar-refractivity contribution in [1.29, 1.82) is 0 Å². The Morgan fingerprint density at radius 2 is 1.23 bits per heavy atom. The molecule has 2 unspecified atom stereocenters. The summed E-state index contributed by atoms with van der Waals surface area (Å²) >= 11 is 0. The molecule has 0 bridgehead atoms. The van der Waals surface area contributed by atoms with E-state index in [0.717, 1.165) is 5.56 Å². The van der Waals surface area contributed by atoms with Crippen LogP contribution in [0.5, 0.6) is 0 Å². The molecule has 0 fully saturated rings. The van der Waals surface area contributed by atoms with Crippen LogP contribution in [-0.4, -0.2) is 25.5 Å². The normalized spacial score (nSPS) is 11.6. The van der Waals surface area contributed by atoms with Gasteiger partial charge >= 0.3 is 0 Å². The van der Waals surface area contributed by atoms with Crippen LogP contribution in [0.1, 0.15) is 23.2 Å². The molecule has 3 amide bonds. The average Bonchev–Trinajstić information content (AvgIpc) is 2.60. The van der Waals surface area contributed by atoms with Gasteiger partial charge in [-0.15, -0.1) is 12.4 Å². The van der Waals surface area contributed by atoms with Gasteiger partial charge in [0.05, 0.1) is 0 Å². The lowest BCUT2D eigenvalue weighted by molar-refractivity contribution is -0.120. The van der Waals surface area contributed by atoms with Crippen molar-refractivity contribution < 1.29 is 14.4 Å². The fourth-order valence-electron chi connectivity index (χ4n) is 1.93.